The highest BCUT2D eigenvalue weighted by atomic mass is 127. The Morgan fingerprint density at radius 1 is 1.14 bits per heavy atom. The van der Waals surface area contributed by atoms with Crippen LogP contribution in [0.15, 0.2) is 4.99 Å². The van der Waals surface area contributed by atoms with Crippen LogP contribution in [0.3, 0.4) is 0 Å². The zero-order chi connectivity index (χ0) is 14.8. The summed E-state index contributed by atoms with van der Waals surface area (Å²) in [6.07, 6.45) is 7.92. The summed E-state index contributed by atoms with van der Waals surface area (Å²) in [5.41, 5.74) is 0. The normalized spacial score (nSPS) is 15.2. The Bertz CT molecular complexity index is 275. The molecule has 4 nitrogen and oxygen atoms in total. The number of nitrogens with one attached hydrogen (secondary N) is 2. The number of guanidine groups is 1. The fraction of sp³-hybridized carbons (Fsp3) is 0.938. The number of nitrogens with zero attached hydrogens (tertiary/aromatic N) is 2. The molecule has 0 saturated heterocycles. The maximum absolute atomic E-state index is 4.28. The largest absolute Gasteiger partial charge is 0.356 e. The van der Waals surface area contributed by atoms with Crippen molar-refractivity contribution in [1.82, 2.24) is 15.5 Å². The van der Waals surface area contributed by atoms with Crippen molar-refractivity contribution in [2.75, 3.05) is 26.7 Å². The van der Waals surface area contributed by atoms with Gasteiger partial charge in [-0.2, -0.15) is 0 Å². The van der Waals surface area contributed by atoms with Gasteiger partial charge in [-0.05, 0) is 33.1 Å². The summed E-state index contributed by atoms with van der Waals surface area (Å²) in [6, 6.07) is 1.48. The molecule has 126 valence electrons. The van der Waals surface area contributed by atoms with Crippen LogP contribution < -0.4 is 10.6 Å². The predicted octanol–water partition coefficient (Wildman–Crippen LogP) is 3.22. The molecule has 0 unspecified atom stereocenters. The molecule has 21 heavy (non-hydrogen) atoms. The monoisotopic (exact) mass is 410 g/mol. The van der Waals surface area contributed by atoms with Crippen molar-refractivity contribution in [3.63, 3.8) is 0 Å². The van der Waals surface area contributed by atoms with Crippen LogP contribution in [0.1, 0.15) is 59.3 Å². The molecule has 0 radical (unpaired) electrons. The minimum absolute atomic E-state index is 0. The van der Waals surface area contributed by atoms with Gasteiger partial charge in [0.05, 0.1) is 0 Å². The van der Waals surface area contributed by atoms with Gasteiger partial charge in [-0.15, -0.1) is 24.0 Å². The zero-order valence-electron chi connectivity index (χ0n) is 14.3. The molecule has 5 heteroatoms. The fourth-order valence-corrected chi connectivity index (χ4v) is 2.55. The van der Waals surface area contributed by atoms with E-state index in [1.807, 2.05) is 7.05 Å². The summed E-state index contributed by atoms with van der Waals surface area (Å²) >= 11 is 0. The third-order valence-corrected chi connectivity index (χ3v) is 3.89. The van der Waals surface area contributed by atoms with Crippen molar-refractivity contribution in [1.29, 1.82) is 0 Å². The highest BCUT2D eigenvalue weighted by molar-refractivity contribution is 14.0. The molecule has 0 aromatic carbocycles. The summed E-state index contributed by atoms with van der Waals surface area (Å²) in [5, 5.41) is 6.82. The van der Waals surface area contributed by atoms with E-state index in [1.54, 1.807) is 0 Å². The quantitative estimate of drug-likeness (QED) is 0.252. The molecular weight excluding hydrogens is 375 g/mol. The van der Waals surface area contributed by atoms with Crippen LogP contribution in [-0.2, 0) is 0 Å². The van der Waals surface area contributed by atoms with Gasteiger partial charge < -0.3 is 10.6 Å². The van der Waals surface area contributed by atoms with Crippen molar-refractivity contribution in [2.24, 2.45) is 4.99 Å². The van der Waals surface area contributed by atoms with Gasteiger partial charge in [0, 0.05) is 38.8 Å². The van der Waals surface area contributed by atoms with E-state index in [4.69, 9.17) is 0 Å². The van der Waals surface area contributed by atoms with E-state index in [0.717, 1.165) is 31.6 Å². The van der Waals surface area contributed by atoms with Crippen molar-refractivity contribution < 1.29 is 0 Å². The van der Waals surface area contributed by atoms with Crippen molar-refractivity contribution in [2.45, 2.75) is 71.4 Å². The van der Waals surface area contributed by atoms with Crippen LogP contribution in [0, 0.1) is 0 Å². The molecule has 0 amide bonds. The average molecular weight is 410 g/mol. The summed E-state index contributed by atoms with van der Waals surface area (Å²) in [7, 11) is 1.85. The Hall–Kier alpha value is -0.0400. The average Bonchev–Trinajstić information content (AvgIpc) is 3.25. The summed E-state index contributed by atoms with van der Waals surface area (Å²) in [6.45, 7) is 9.94. The topological polar surface area (TPSA) is 39.7 Å². The lowest BCUT2D eigenvalue weighted by Crippen LogP contribution is -2.44. The van der Waals surface area contributed by atoms with Gasteiger partial charge in [-0.25, -0.2) is 0 Å². The Morgan fingerprint density at radius 2 is 1.81 bits per heavy atom. The first-order valence-corrected chi connectivity index (χ1v) is 8.39. The van der Waals surface area contributed by atoms with Crippen LogP contribution in [0.4, 0.5) is 0 Å². The molecule has 0 spiro atoms. The molecule has 0 aromatic heterocycles. The van der Waals surface area contributed by atoms with E-state index in [9.17, 15) is 0 Å². The Balaban J connectivity index is 0.00000400. The minimum atomic E-state index is 0. The van der Waals surface area contributed by atoms with Crippen LogP contribution in [0.25, 0.3) is 0 Å². The third kappa shape index (κ3) is 9.55. The van der Waals surface area contributed by atoms with Crippen molar-refractivity contribution in [3.05, 3.63) is 0 Å². The second-order valence-electron chi connectivity index (χ2n) is 6.05. The lowest BCUT2D eigenvalue weighted by molar-refractivity contribution is 0.215. The summed E-state index contributed by atoms with van der Waals surface area (Å²) in [4.78, 5) is 6.88. The number of rotatable bonds is 10. The van der Waals surface area contributed by atoms with E-state index < -0.39 is 0 Å². The Morgan fingerprint density at radius 3 is 2.33 bits per heavy atom. The molecule has 2 N–H and O–H groups in total. The zero-order valence-corrected chi connectivity index (χ0v) is 16.7. The minimum Gasteiger partial charge on any atom is -0.356 e. The van der Waals surface area contributed by atoms with E-state index in [0.29, 0.717) is 6.04 Å². The highest BCUT2D eigenvalue weighted by Gasteiger charge is 2.29. The first-order chi connectivity index (χ1) is 9.69. The van der Waals surface area contributed by atoms with Gasteiger partial charge in [0.25, 0.3) is 0 Å². The first-order valence-electron chi connectivity index (χ1n) is 8.39. The number of aliphatic imine (C=N–C) groups is 1. The molecular formula is C16H35IN4. The molecule has 0 bridgehead atoms. The summed E-state index contributed by atoms with van der Waals surface area (Å²) in [5.74, 6) is 0.945. The van der Waals surface area contributed by atoms with E-state index >= 15 is 0 Å². The molecule has 0 aromatic rings. The van der Waals surface area contributed by atoms with Gasteiger partial charge in [0.2, 0.25) is 0 Å². The van der Waals surface area contributed by atoms with Gasteiger partial charge in [0.1, 0.15) is 0 Å². The van der Waals surface area contributed by atoms with Crippen LogP contribution in [0.5, 0.6) is 0 Å². The van der Waals surface area contributed by atoms with Crippen LogP contribution in [0.2, 0.25) is 0 Å². The maximum Gasteiger partial charge on any atom is 0.191 e. The van der Waals surface area contributed by atoms with Crippen molar-refractivity contribution >= 4 is 29.9 Å². The molecule has 0 aliphatic heterocycles. The molecule has 1 rings (SSSR count). The second kappa shape index (κ2) is 12.5. The molecule has 1 aliphatic carbocycles. The Labute approximate surface area is 148 Å². The number of halogens is 1. The lowest BCUT2D eigenvalue weighted by Gasteiger charge is -2.26. The van der Waals surface area contributed by atoms with Crippen LogP contribution >= 0.6 is 24.0 Å². The smallest absolute Gasteiger partial charge is 0.191 e. The van der Waals surface area contributed by atoms with E-state index in [1.165, 1.54) is 38.5 Å². The highest BCUT2D eigenvalue weighted by Crippen LogP contribution is 2.27. The number of hydrogen-bond donors (Lipinski definition) is 2. The van der Waals surface area contributed by atoms with Crippen molar-refractivity contribution in [3.8, 4) is 0 Å². The third-order valence-electron chi connectivity index (χ3n) is 3.89. The number of hydrogen-bond acceptors (Lipinski definition) is 2. The van der Waals surface area contributed by atoms with Gasteiger partial charge in [-0.3, -0.25) is 9.89 Å². The first kappa shape index (κ1) is 21.0. The second-order valence-corrected chi connectivity index (χ2v) is 6.05. The predicted molar refractivity (Wildman–Crippen MR) is 104 cm³/mol. The van der Waals surface area contributed by atoms with E-state index in [-0.39, 0.29) is 24.0 Å². The lowest BCUT2D eigenvalue weighted by atomic mass is 10.2. The standard InChI is InChI=1S/C16H34N4.HI/c1-5-6-7-8-11-18-16(17-4)19-12-13-20(14(2)3)15-9-10-15;/h14-15H,5-13H2,1-4H3,(H2,17,18,19);1H. The molecule has 1 aliphatic rings. The SMILES string of the molecule is CCCCCCNC(=NC)NCCN(C(C)C)C1CC1.I. The molecule has 0 atom stereocenters. The Kier molecular flexibility index (Phi) is 12.5. The van der Waals surface area contributed by atoms with Gasteiger partial charge >= 0.3 is 0 Å². The van der Waals surface area contributed by atoms with E-state index in [2.05, 4.69) is 41.3 Å². The summed E-state index contributed by atoms with van der Waals surface area (Å²) < 4.78 is 0. The van der Waals surface area contributed by atoms with Crippen LogP contribution in [-0.4, -0.2) is 49.6 Å². The molecule has 1 saturated carbocycles. The van der Waals surface area contributed by atoms with Gasteiger partial charge in [0.15, 0.2) is 5.96 Å². The molecule has 0 heterocycles. The molecule has 1 fully saturated rings. The van der Waals surface area contributed by atoms with Gasteiger partial charge in [-0.1, -0.05) is 26.2 Å². The maximum atomic E-state index is 4.28. The fourth-order valence-electron chi connectivity index (χ4n) is 2.55. The number of unbranched alkanes of at least 4 members (excludes halogenated alkanes) is 3.